The van der Waals surface area contributed by atoms with Crippen LogP contribution in [0.4, 0.5) is 0 Å². The molecule has 1 aliphatic rings. The summed E-state index contributed by atoms with van der Waals surface area (Å²) in [5.74, 6) is -0.112. The Bertz CT molecular complexity index is 437. The molecule has 17 heavy (non-hydrogen) atoms. The van der Waals surface area contributed by atoms with Crippen molar-refractivity contribution in [1.29, 1.82) is 0 Å². The number of likely N-dealkylation sites (N-methyl/N-ethyl adjacent to an activating group) is 1. The number of amides is 1. The molecule has 0 aromatic carbocycles. The second kappa shape index (κ2) is 5.09. The van der Waals surface area contributed by atoms with Crippen molar-refractivity contribution in [2.24, 2.45) is 0 Å². The monoisotopic (exact) mass is 236 g/mol. The van der Waals surface area contributed by atoms with Gasteiger partial charge in [-0.05, 0) is 19.9 Å². The standard InChI is InChI=1S/C11H16N4O2/c1-12-5-8-3-2-4-15(8)11(17)9-6-14-10(16)7-13-9/h6-8,12H,2-5H2,1H3,(H,14,16). The fourth-order valence-electron chi connectivity index (χ4n) is 2.16. The third-order valence-electron chi connectivity index (χ3n) is 2.97. The van der Waals surface area contributed by atoms with Crippen molar-refractivity contribution >= 4 is 5.91 Å². The predicted octanol–water partition coefficient (Wildman–Crippen LogP) is -0.406. The third-order valence-corrected chi connectivity index (χ3v) is 2.97. The minimum Gasteiger partial charge on any atom is -0.333 e. The first kappa shape index (κ1) is 11.8. The van der Waals surface area contributed by atoms with Crippen LogP contribution in [0.2, 0.25) is 0 Å². The van der Waals surface area contributed by atoms with Crippen LogP contribution in [0.25, 0.3) is 0 Å². The fraction of sp³-hybridized carbons (Fsp3) is 0.545. The molecular formula is C11H16N4O2. The second-order valence-corrected chi connectivity index (χ2v) is 4.15. The summed E-state index contributed by atoms with van der Waals surface area (Å²) in [6, 6.07) is 0.223. The summed E-state index contributed by atoms with van der Waals surface area (Å²) in [6.07, 6.45) is 4.53. The van der Waals surface area contributed by atoms with Gasteiger partial charge in [0.05, 0.1) is 6.20 Å². The summed E-state index contributed by atoms with van der Waals surface area (Å²) in [4.78, 5) is 31.2. The molecule has 6 heteroatoms. The summed E-state index contributed by atoms with van der Waals surface area (Å²) in [6.45, 7) is 1.54. The van der Waals surface area contributed by atoms with Gasteiger partial charge in [-0.25, -0.2) is 4.98 Å². The van der Waals surface area contributed by atoms with Crippen molar-refractivity contribution in [3.63, 3.8) is 0 Å². The van der Waals surface area contributed by atoms with Gasteiger partial charge in [0.15, 0.2) is 0 Å². The summed E-state index contributed by atoms with van der Waals surface area (Å²) < 4.78 is 0. The van der Waals surface area contributed by atoms with Gasteiger partial charge in [0, 0.05) is 25.3 Å². The van der Waals surface area contributed by atoms with Crippen LogP contribution in [0.3, 0.4) is 0 Å². The van der Waals surface area contributed by atoms with E-state index < -0.39 is 0 Å². The Labute approximate surface area is 99.1 Å². The number of aromatic amines is 1. The van der Waals surface area contributed by atoms with Crippen molar-refractivity contribution in [2.45, 2.75) is 18.9 Å². The molecule has 1 aliphatic heterocycles. The highest BCUT2D eigenvalue weighted by Crippen LogP contribution is 2.18. The normalized spacial score (nSPS) is 19.6. The van der Waals surface area contributed by atoms with Crippen LogP contribution in [0, 0.1) is 0 Å². The van der Waals surface area contributed by atoms with Gasteiger partial charge in [0.25, 0.3) is 11.5 Å². The number of hydrogen-bond donors (Lipinski definition) is 2. The zero-order chi connectivity index (χ0) is 12.3. The van der Waals surface area contributed by atoms with Gasteiger partial charge in [-0.2, -0.15) is 0 Å². The molecule has 1 atom stereocenters. The molecular weight excluding hydrogens is 220 g/mol. The van der Waals surface area contributed by atoms with E-state index in [2.05, 4.69) is 15.3 Å². The zero-order valence-electron chi connectivity index (χ0n) is 9.77. The summed E-state index contributed by atoms with van der Waals surface area (Å²) in [5.41, 5.74) is 0.00218. The zero-order valence-corrected chi connectivity index (χ0v) is 9.77. The van der Waals surface area contributed by atoms with Gasteiger partial charge in [0.1, 0.15) is 5.69 Å². The Morgan fingerprint density at radius 1 is 1.71 bits per heavy atom. The van der Waals surface area contributed by atoms with Crippen molar-refractivity contribution in [3.8, 4) is 0 Å². The molecule has 0 saturated carbocycles. The van der Waals surface area contributed by atoms with Crippen molar-refractivity contribution in [3.05, 3.63) is 28.4 Å². The minimum atomic E-state index is -0.297. The van der Waals surface area contributed by atoms with Crippen molar-refractivity contribution in [1.82, 2.24) is 20.2 Å². The molecule has 2 heterocycles. The third kappa shape index (κ3) is 2.52. The quantitative estimate of drug-likeness (QED) is 0.748. The van der Waals surface area contributed by atoms with Gasteiger partial charge in [-0.1, -0.05) is 0 Å². The maximum Gasteiger partial charge on any atom is 0.274 e. The molecule has 0 radical (unpaired) electrons. The van der Waals surface area contributed by atoms with Crippen LogP contribution in [0.1, 0.15) is 23.3 Å². The van der Waals surface area contributed by atoms with Gasteiger partial charge in [0.2, 0.25) is 0 Å². The first-order valence-electron chi connectivity index (χ1n) is 5.72. The average molecular weight is 236 g/mol. The number of likely N-dealkylation sites (tertiary alicyclic amines) is 1. The summed E-state index contributed by atoms with van der Waals surface area (Å²) in [7, 11) is 1.87. The molecule has 0 bridgehead atoms. The number of carbonyl (C=O) groups is 1. The number of rotatable bonds is 3. The van der Waals surface area contributed by atoms with E-state index in [0.29, 0.717) is 5.69 Å². The van der Waals surface area contributed by atoms with Gasteiger partial charge >= 0.3 is 0 Å². The molecule has 1 aromatic heterocycles. The highest BCUT2D eigenvalue weighted by atomic mass is 16.2. The lowest BCUT2D eigenvalue weighted by Gasteiger charge is -2.23. The Kier molecular flexibility index (Phi) is 3.53. The summed E-state index contributed by atoms with van der Waals surface area (Å²) in [5, 5.41) is 3.08. The molecule has 92 valence electrons. The molecule has 6 nitrogen and oxygen atoms in total. The molecule has 1 saturated heterocycles. The van der Waals surface area contributed by atoms with Crippen LogP contribution >= 0.6 is 0 Å². The number of H-pyrrole nitrogens is 1. The van der Waals surface area contributed by atoms with E-state index in [4.69, 9.17) is 0 Å². The molecule has 1 unspecified atom stereocenters. The number of nitrogens with zero attached hydrogens (tertiary/aromatic N) is 2. The number of aromatic nitrogens is 2. The number of nitrogens with one attached hydrogen (secondary N) is 2. The van der Waals surface area contributed by atoms with E-state index in [9.17, 15) is 9.59 Å². The highest BCUT2D eigenvalue weighted by molar-refractivity contribution is 5.92. The van der Waals surface area contributed by atoms with Gasteiger partial charge in [-0.3, -0.25) is 9.59 Å². The van der Waals surface area contributed by atoms with Crippen LogP contribution < -0.4 is 10.9 Å². The Morgan fingerprint density at radius 2 is 2.53 bits per heavy atom. The molecule has 0 aliphatic carbocycles. The smallest absolute Gasteiger partial charge is 0.274 e. The second-order valence-electron chi connectivity index (χ2n) is 4.15. The lowest BCUT2D eigenvalue weighted by atomic mass is 10.2. The summed E-state index contributed by atoms with van der Waals surface area (Å²) >= 11 is 0. The maximum absolute atomic E-state index is 12.2. The number of carbonyl (C=O) groups excluding carboxylic acids is 1. The topological polar surface area (TPSA) is 78.1 Å². The van der Waals surface area contributed by atoms with Gasteiger partial charge < -0.3 is 15.2 Å². The van der Waals surface area contributed by atoms with Crippen molar-refractivity contribution in [2.75, 3.05) is 20.1 Å². The van der Waals surface area contributed by atoms with E-state index in [1.165, 1.54) is 6.20 Å². The largest absolute Gasteiger partial charge is 0.333 e. The lowest BCUT2D eigenvalue weighted by Crippen LogP contribution is -2.41. The van der Waals surface area contributed by atoms with E-state index in [1.807, 2.05) is 11.9 Å². The average Bonchev–Trinajstić information content (AvgIpc) is 2.78. The number of hydrogen-bond acceptors (Lipinski definition) is 4. The van der Waals surface area contributed by atoms with E-state index in [1.54, 1.807) is 0 Å². The first-order chi connectivity index (χ1) is 8.22. The van der Waals surface area contributed by atoms with Crippen LogP contribution in [-0.2, 0) is 0 Å². The van der Waals surface area contributed by atoms with Crippen LogP contribution in [0.15, 0.2) is 17.2 Å². The molecule has 1 fully saturated rings. The van der Waals surface area contributed by atoms with E-state index in [-0.39, 0.29) is 17.5 Å². The molecule has 2 rings (SSSR count). The molecule has 1 amide bonds. The van der Waals surface area contributed by atoms with Crippen LogP contribution in [0.5, 0.6) is 0 Å². The fourth-order valence-corrected chi connectivity index (χ4v) is 2.16. The van der Waals surface area contributed by atoms with Gasteiger partial charge in [-0.15, -0.1) is 0 Å². The van der Waals surface area contributed by atoms with Crippen LogP contribution in [-0.4, -0.2) is 47.0 Å². The highest BCUT2D eigenvalue weighted by Gasteiger charge is 2.29. The van der Waals surface area contributed by atoms with E-state index in [0.717, 1.165) is 32.1 Å². The minimum absolute atomic E-state index is 0.112. The molecule has 0 spiro atoms. The molecule has 2 N–H and O–H groups in total. The maximum atomic E-state index is 12.2. The Balaban J connectivity index is 2.13. The van der Waals surface area contributed by atoms with Crippen molar-refractivity contribution < 1.29 is 4.79 Å². The predicted molar refractivity (Wildman–Crippen MR) is 62.8 cm³/mol. The SMILES string of the molecule is CNCC1CCCN1C(=O)c1c[nH]c(=O)cn1. The lowest BCUT2D eigenvalue weighted by molar-refractivity contribution is 0.0730. The Hall–Kier alpha value is -1.69. The Morgan fingerprint density at radius 3 is 3.18 bits per heavy atom. The van der Waals surface area contributed by atoms with E-state index >= 15 is 0 Å². The first-order valence-corrected chi connectivity index (χ1v) is 5.72. The molecule has 1 aromatic rings.